The first-order chi connectivity index (χ1) is 18.3. The average Bonchev–Trinajstić information content (AvgIpc) is 3.18. The summed E-state index contributed by atoms with van der Waals surface area (Å²) in [7, 11) is 2.20. The minimum Gasteiger partial charge on any atom is -0.339 e. The third-order valence-electron chi connectivity index (χ3n) is 7.49. The summed E-state index contributed by atoms with van der Waals surface area (Å²) in [5.74, 6) is 0.115. The molecule has 2 aromatic carbocycles. The Morgan fingerprint density at radius 2 is 1.68 bits per heavy atom. The number of halogens is 1. The van der Waals surface area contributed by atoms with E-state index < -0.39 is 0 Å². The SMILES string of the molecule is CCN(CC)C(=O)c1ccc(CC2=CCC=CC=C2)cc1.C[C@@H]1CN(C)[C@@H](C)CN1Cc1ccccc1Cl. The van der Waals surface area contributed by atoms with E-state index in [0.717, 1.165) is 56.2 Å². The lowest BCUT2D eigenvalue weighted by Crippen LogP contribution is -2.54. The van der Waals surface area contributed by atoms with E-state index in [1.807, 2.05) is 43.0 Å². The van der Waals surface area contributed by atoms with Crippen molar-refractivity contribution in [2.75, 3.05) is 33.2 Å². The topological polar surface area (TPSA) is 26.8 Å². The number of hydrogen-bond donors (Lipinski definition) is 0. The Hall–Kier alpha value is -2.66. The molecule has 1 amide bonds. The van der Waals surface area contributed by atoms with Crippen molar-refractivity contribution >= 4 is 17.5 Å². The first kappa shape index (κ1) is 29.9. The van der Waals surface area contributed by atoms with Gasteiger partial charge in [0.1, 0.15) is 0 Å². The van der Waals surface area contributed by atoms with Crippen LogP contribution in [0.15, 0.2) is 84.5 Å². The molecule has 0 aromatic heterocycles. The minimum atomic E-state index is 0.115. The van der Waals surface area contributed by atoms with Crippen molar-refractivity contribution < 1.29 is 4.79 Å². The summed E-state index contributed by atoms with van der Waals surface area (Å²) in [6, 6.07) is 17.4. The van der Waals surface area contributed by atoms with Gasteiger partial charge in [-0.2, -0.15) is 0 Å². The van der Waals surface area contributed by atoms with Gasteiger partial charge in [0.05, 0.1) is 0 Å². The zero-order valence-electron chi connectivity index (χ0n) is 23.7. The Kier molecular flexibility index (Phi) is 11.8. The van der Waals surface area contributed by atoms with Gasteiger partial charge >= 0.3 is 0 Å². The van der Waals surface area contributed by atoms with Crippen molar-refractivity contribution in [3.63, 3.8) is 0 Å². The molecule has 1 aliphatic carbocycles. The molecule has 0 N–H and O–H groups in total. The third-order valence-corrected chi connectivity index (χ3v) is 7.86. The van der Waals surface area contributed by atoms with Crippen molar-refractivity contribution in [1.82, 2.24) is 14.7 Å². The lowest BCUT2D eigenvalue weighted by Gasteiger charge is -2.42. The highest BCUT2D eigenvalue weighted by molar-refractivity contribution is 6.31. The normalized spacial score (nSPS) is 19.8. The molecule has 0 radical (unpaired) electrons. The molecular weight excluding hydrogens is 490 g/mol. The molecule has 4 nitrogen and oxygen atoms in total. The Morgan fingerprint density at radius 1 is 0.974 bits per heavy atom. The Balaban J connectivity index is 0.000000215. The standard InChI is InChI=1S/C19H23NO.C14H21ClN2/c1-3-20(4-2)19(21)18-13-11-17(12-14-18)15-16-9-7-5-6-8-10-16;1-11-9-17(12(2)8-16(11)3)10-13-6-4-5-7-14(13)15/h5-7,9-14H,3-4,8,15H2,1-2H3;4-7,11-12H,8-10H2,1-3H3/t;11-,12+/m.0/s1. The predicted molar refractivity (Wildman–Crippen MR) is 162 cm³/mol. The molecule has 2 aliphatic rings. The van der Waals surface area contributed by atoms with Crippen LogP contribution < -0.4 is 0 Å². The summed E-state index contributed by atoms with van der Waals surface area (Å²) in [6.45, 7) is 13.3. The Labute approximate surface area is 235 Å². The van der Waals surface area contributed by atoms with Crippen LogP contribution in [0.2, 0.25) is 5.02 Å². The van der Waals surface area contributed by atoms with Gasteiger partial charge in [0.2, 0.25) is 0 Å². The summed E-state index contributed by atoms with van der Waals surface area (Å²) in [4.78, 5) is 19.0. The van der Waals surface area contributed by atoms with E-state index in [4.69, 9.17) is 11.6 Å². The van der Waals surface area contributed by atoms with Crippen molar-refractivity contribution in [1.29, 1.82) is 0 Å². The smallest absolute Gasteiger partial charge is 0.253 e. The Morgan fingerprint density at radius 3 is 2.37 bits per heavy atom. The molecule has 1 aliphatic heterocycles. The number of carbonyl (C=O) groups excluding carboxylic acids is 1. The monoisotopic (exact) mass is 533 g/mol. The van der Waals surface area contributed by atoms with Crippen LogP contribution in [0.1, 0.15) is 55.6 Å². The lowest BCUT2D eigenvalue weighted by atomic mass is 10.0. The van der Waals surface area contributed by atoms with E-state index in [1.165, 1.54) is 16.7 Å². The molecule has 5 heteroatoms. The van der Waals surface area contributed by atoms with Gasteiger partial charge in [0.25, 0.3) is 5.91 Å². The first-order valence-corrected chi connectivity index (χ1v) is 14.3. The van der Waals surface area contributed by atoms with E-state index in [0.29, 0.717) is 12.1 Å². The minimum absolute atomic E-state index is 0.115. The van der Waals surface area contributed by atoms with Crippen LogP contribution in [0.5, 0.6) is 0 Å². The van der Waals surface area contributed by atoms with E-state index in [1.54, 1.807) is 0 Å². The third kappa shape index (κ3) is 8.69. The second-order valence-electron chi connectivity index (χ2n) is 10.3. The number of hydrogen-bond acceptors (Lipinski definition) is 3. The fourth-order valence-corrected chi connectivity index (χ4v) is 5.08. The maximum Gasteiger partial charge on any atom is 0.253 e. The molecule has 204 valence electrons. The van der Waals surface area contributed by atoms with Crippen LogP contribution in [0.25, 0.3) is 0 Å². The summed E-state index contributed by atoms with van der Waals surface area (Å²) >= 11 is 6.22. The second-order valence-corrected chi connectivity index (χ2v) is 10.7. The van der Waals surface area contributed by atoms with Crippen molar-refractivity contribution in [2.24, 2.45) is 0 Å². The van der Waals surface area contributed by atoms with Crippen LogP contribution in [0, 0.1) is 0 Å². The number of piperazine rings is 1. The maximum absolute atomic E-state index is 12.2. The molecule has 1 heterocycles. The van der Waals surface area contributed by atoms with E-state index in [-0.39, 0.29) is 5.91 Å². The highest BCUT2D eigenvalue weighted by Gasteiger charge is 2.26. The fraction of sp³-hybridized carbons (Fsp3) is 0.424. The zero-order chi connectivity index (χ0) is 27.5. The van der Waals surface area contributed by atoms with Gasteiger partial charge in [0.15, 0.2) is 0 Å². The van der Waals surface area contributed by atoms with Crippen LogP contribution >= 0.6 is 11.6 Å². The number of benzene rings is 2. The molecule has 4 rings (SSSR count). The number of rotatable bonds is 7. The van der Waals surface area contributed by atoms with Gasteiger partial charge in [-0.3, -0.25) is 9.69 Å². The van der Waals surface area contributed by atoms with Crippen LogP contribution in [-0.4, -0.2) is 65.9 Å². The van der Waals surface area contributed by atoms with Gasteiger partial charge in [-0.05, 0) is 82.5 Å². The quantitative estimate of drug-likeness (QED) is 0.382. The molecule has 2 aromatic rings. The largest absolute Gasteiger partial charge is 0.339 e. The van der Waals surface area contributed by atoms with Crippen LogP contribution in [-0.2, 0) is 13.0 Å². The van der Waals surface area contributed by atoms with Crippen molar-refractivity contribution in [3.8, 4) is 0 Å². The van der Waals surface area contributed by atoms with Crippen molar-refractivity contribution in [3.05, 3.63) is 106 Å². The van der Waals surface area contributed by atoms with E-state index in [9.17, 15) is 4.79 Å². The van der Waals surface area contributed by atoms with Gasteiger partial charge in [0, 0.05) is 55.4 Å². The summed E-state index contributed by atoms with van der Waals surface area (Å²) in [5.41, 5.74) is 4.57. The molecule has 2 atom stereocenters. The van der Waals surface area contributed by atoms with Gasteiger partial charge in [-0.15, -0.1) is 0 Å². The predicted octanol–water partition coefficient (Wildman–Crippen LogP) is 7.02. The average molecular weight is 534 g/mol. The molecule has 0 unspecified atom stereocenters. The van der Waals surface area contributed by atoms with Gasteiger partial charge in [-0.25, -0.2) is 0 Å². The first-order valence-electron chi connectivity index (χ1n) is 13.9. The second kappa shape index (κ2) is 15.1. The zero-order valence-corrected chi connectivity index (χ0v) is 24.5. The molecule has 1 saturated heterocycles. The summed E-state index contributed by atoms with van der Waals surface area (Å²) in [5, 5.41) is 0.881. The molecule has 38 heavy (non-hydrogen) atoms. The lowest BCUT2D eigenvalue weighted by molar-refractivity contribution is 0.0546. The van der Waals surface area contributed by atoms with Crippen molar-refractivity contribution in [2.45, 2.75) is 59.2 Å². The summed E-state index contributed by atoms with van der Waals surface area (Å²) < 4.78 is 0. The van der Waals surface area contributed by atoms with Crippen LogP contribution in [0.4, 0.5) is 0 Å². The molecule has 0 saturated carbocycles. The molecule has 1 fully saturated rings. The van der Waals surface area contributed by atoms with E-state index >= 15 is 0 Å². The molecule has 0 bridgehead atoms. The van der Waals surface area contributed by atoms with E-state index in [2.05, 4.69) is 85.3 Å². The van der Waals surface area contributed by atoms with Crippen LogP contribution in [0.3, 0.4) is 0 Å². The molecular formula is C33H44ClN3O. The van der Waals surface area contributed by atoms with Gasteiger partial charge in [-0.1, -0.05) is 72.3 Å². The number of likely N-dealkylation sites (N-methyl/N-ethyl adjacent to an activating group) is 1. The Bertz CT molecular complexity index is 1120. The maximum atomic E-state index is 12.2. The number of carbonyl (C=O) groups is 1. The molecule has 0 spiro atoms. The number of allylic oxidation sites excluding steroid dienone is 6. The highest BCUT2D eigenvalue weighted by Crippen LogP contribution is 2.21. The fourth-order valence-electron chi connectivity index (χ4n) is 4.89. The number of amides is 1. The summed E-state index contributed by atoms with van der Waals surface area (Å²) in [6.07, 6.45) is 12.6. The van der Waals surface area contributed by atoms with Gasteiger partial charge < -0.3 is 9.80 Å². The number of nitrogens with zero attached hydrogens (tertiary/aromatic N) is 3. The highest BCUT2D eigenvalue weighted by atomic mass is 35.5.